The number of benzene rings is 1. The molecule has 1 rings (SSSR count). The summed E-state index contributed by atoms with van der Waals surface area (Å²) in [6.07, 6.45) is 1.99. The monoisotopic (exact) mass is 241 g/mol. The van der Waals surface area contributed by atoms with Crippen molar-refractivity contribution in [3.8, 4) is 0 Å². The fourth-order valence-corrected chi connectivity index (χ4v) is 1.99. The third kappa shape index (κ3) is 3.43. The Morgan fingerprint density at radius 3 is 2.75 bits per heavy atom. The Bertz CT molecular complexity index is 406. The number of aliphatic carboxylic acids is 1. The van der Waals surface area contributed by atoms with Crippen LogP contribution in [0.4, 0.5) is 0 Å². The Kier molecular flexibility index (Phi) is 4.64. The number of rotatable bonds is 5. The molecular formula is C11H15NO3S. The zero-order valence-corrected chi connectivity index (χ0v) is 10.1. The second kappa shape index (κ2) is 5.77. The average Bonchev–Trinajstić information content (AvgIpc) is 2.25. The first-order chi connectivity index (χ1) is 7.54. The average molecular weight is 241 g/mol. The molecule has 0 spiro atoms. The van der Waals surface area contributed by atoms with Gasteiger partial charge in [0.25, 0.3) is 0 Å². The summed E-state index contributed by atoms with van der Waals surface area (Å²) < 4.78 is 11.3. The molecule has 2 unspecified atom stereocenters. The molecule has 1 aromatic rings. The fraction of sp³-hybridized carbons (Fsp3) is 0.364. The van der Waals surface area contributed by atoms with Crippen LogP contribution in [0.2, 0.25) is 0 Å². The van der Waals surface area contributed by atoms with Crippen molar-refractivity contribution in [2.75, 3.05) is 13.3 Å². The number of carbonyl (C=O) groups is 1. The van der Waals surface area contributed by atoms with Gasteiger partial charge in [-0.25, -0.2) is 0 Å². The van der Waals surface area contributed by atoms with E-state index in [2.05, 4.69) is 5.32 Å². The van der Waals surface area contributed by atoms with E-state index in [9.17, 15) is 9.00 Å². The molecule has 2 N–H and O–H groups in total. The molecule has 0 saturated heterocycles. The van der Waals surface area contributed by atoms with E-state index in [1.54, 1.807) is 31.5 Å². The normalized spacial score (nSPS) is 14.4. The minimum atomic E-state index is -1.03. The van der Waals surface area contributed by atoms with Gasteiger partial charge in [0, 0.05) is 22.0 Å². The van der Waals surface area contributed by atoms with E-state index < -0.39 is 22.8 Å². The number of likely N-dealkylation sites (N-methyl/N-ethyl adjacent to an activating group) is 1. The van der Waals surface area contributed by atoms with Gasteiger partial charge in [-0.05, 0) is 31.2 Å². The highest BCUT2D eigenvalue weighted by Gasteiger charge is 2.15. The molecule has 0 aromatic heterocycles. The summed E-state index contributed by atoms with van der Waals surface area (Å²) in [4.78, 5) is 11.6. The predicted octanol–water partition coefficient (Wildman–Crippen LogP) is 0.639. The van der Waals surface area contributed by atoms with Gasteiger partial charge < -0.3 is 10.4 Å². The quantitative estimate of drug-likeness (QED) is 0.794. The molecule has 1 aromatic carbocycles. The van der Waals surface area contributed by atoms with Gasteiger partial charge in [-0.15, -0.1) is 0 Å². The second-order valence-electron chi connectivity index (χ2n) is 3.49. The summed E-state index contributed by atoms with van der Waals surface area (Å²) in [5.41, 5.74) is 0.870. The highest BCUT2D eigenvalue weighted by molar-refractivity contribution is 7.84. The molecular weight excluding hydrogens is 226 g/mol. The maximum absolute atomic E-state index is 11.3. The minimum absolute atomic E-state index is 0.386. The van der Waals surface area contributed by atoms with E-state index in [0.717, 1.165) is 10.5 Å². The van der Waals surface area contributed by atoms with Gasteiger partial charge in [-0.2, -0.15) is 0 Å². The van der Waals surface area contributed by atoms with Crippen LogP contribution in [0.25, 0.3) is 0 Å². The van der Waals surface area contributed by atoms with Crippen molar-refractivity contribution in [1.29, 1.82) is 0 Å². The second-order valence-corrected chi connectivity index (χ2v) is 4.86. The SMILES string of the molecule is CNC(Cc1cccc(S(C)=O)c1)C(=O)O. The van der Waals surface area contributed by atoms with E-state index in [1.807, 2.05) is 6.07 Å². The van der Waals surface area contributed by atoms with Gasteiger partial charge in [-0.3, -0.25) is 9.00 Å². The Morgan fingerprint density at radius 1 is 1.56 bits per heavy atom. The van der Waals surface area contributed by atoms with Crippen LogP contribution in [0.3, 0.4) is 0 Å². The van der Waals surface area contributed by atoms with Gasteiger partial charge in [0.2, 0.25) is 0 Å². The van der Waals surface area contributed by atoms with Crippen LogP contribution in [0.5, 0.6) is 0 Å². The molecule has 0 fully saturated rings. The number of nitrogens with one attached hydrogen (secondary N) is 1. The standard InChI is InChI=1S/C11H15NO3S/c1-12-10(11(13)14)7-8-4-3-5-9(6-8)16(2)15/h3-6,10,12H,7H2,1-2H3,(H,13,14). The van der Waals surface area contributed by atoms with E-state index >= 15 is 0 Å². The molecule has 0 bridgehead atoms. The largest absolute Gasteiger partial charge is 0.480 e. The Labute approximate surface area is 97.1 Å². The first-order valence-electron chi connectivity index (χ1n) is 4.87. The van der Waals surface area contributed by atoms with Gasteiger partial charge in [0.15, 0.2) is 0 Å². The lowest BCUT2D eigenvalue weighted by Crippen LogP contribution is -2.35. The van der Waals surface area contributed by atoms with Crippen LogP contribution in [-0.4, -0.2) is 34.6 Å². The van der Waals surface area contributed by atoms with E-state index in [-0.39, 0.29) is 0 Å². The van der Waals surface area contributed by atoms with Crippen LogP contribution in [0.1, 0.15) is 5.56 Å². The van der Waals surface area contributed by atoms with Crippen LogP contribution >= 0.6 is 0 Å². The van der Waals surface area contributed by atoms with Crippen molar-refractivity contribution in [2.24, 2.45) is 0 Å². The van der Waals surface area contributed by atoms with Crippen molar-refractivity contribution in [3.05, 3.63) is 29.8 Å². The fourth-order valence-electron chi connectivity index (χ4n) is 1.40. The van der Waals surface area contributed by atoms with Crippen LogP contribution in [-0.2, 0) is 22.0 Å². The van der Waals surface area contributed by atoms with Crippen LogP contribution in [0, 0.1) is 0 Å². The molecule has 0 heterocycles. The van der Waals surface area contributed by atoms with Crippen molar-refractivity contribution in [2.45, 2.75) is 17.4 Å². The number of hydrogen-bond acceptors (Lipinski definition) is 3. The topological polar surface area (TPSA) is 66.4 Å². The van der Waals surface area contributed by atoms with E-state index in [0.29, 0.717) is 6.42 Å². The Hall–Kier alpha value is -1.20. The third-order valence-corrected chi connectivity index (χ3v) is 3.23. The lowest BCUT2D eigenvalue weighted by atomic mass is 10.1. The Morgan fingerprint density at radius 2 is 2.25 bits per heavy atom. The Balaban J connectivity index is 2.84. The van der Waals surface area contributed by atoms with Crippen molar-refractivity contribution in [3.63, 3.8) is 0 Å². The molecule has 0 saturated carbocycles. The summed E-state index contributed by atoms with van der Waals surface area (Å²) in [6, 6.07) is 6.57. The van der Waals surface area contributed by atoms with Crippen molar-refractivity contribution in [1.82, 2.24) is 5.32 Å². The third-order valence-electron chi connectivity index (χ3n) is 2.32. The molecule has 0 radical (unpaired) electrons. The first-order valence-corrected chi connectivity index (χ1v) is 6.43. The molecule has 0 aliphatic rings. The van der Waals surface area contributed by atoms with Crippen LogP contribution in [0.15, 0.2) is 29.2 Å². The number of hydrogen-bond donors (Lipinski definition) is 2. The maximum atomic E-state index is 11.3. The molecule has 5 heteroatoms. The van der Waals surface area contributed by atoms with E-state index in [1.165, 1.54) is 0 Å². The lowest BCUT2D eigenvalue weighted by molar-refractivity contribution is -0.139. The molecule has 4 nitrogen and oxygen atoms in total. The number of carboxylic acid groups (broad SMARTS) is 1. The zero-order chi connectivity index (χ0) is 12.1. The highest BCUT2D eigenvalue weighted by atomic mass is 32.2. The molecule has 0 aliphatic heterocycles. The van der Waals surface area contributed by atoms with Gasteiger partial charge in [0.1, 0.15) is 6.04 Å². The van der Waals surface area contributed by atoms with Gasteiger partial charge in [0.05, 0.1) is 0 Å². The molecule has 2 atom stereocenters. The summed E-state index contributed by atoms with van der Waals surface area (Å²) in [6.45, 7) is 0. The zero-order valence-electron chi connectivity index (χ0n) is 9.27. The summed E-state index contributed by atoms with van der Waals surface area (Å²) >= 11 is 0. The van der Waals surface area contributed by atoms with Crippen LogP contribution < -0.4 is 5.32 Å². The molecule has 0 aliphatic carbocycles. The lowest BCUT2D eigenvalue weighted by Gasteiger charge is -2.11. The molecule has 0 amide bonds. The summed E-state index contributed by atoms with van der Waals surface area (Å²) in [5, 5.41) is 11.6. The number of carboxylic acids is 1. The van der Waals surface area contributed by atoms with Crippen molar-refractivity contribution >= 4 is 16.8 Å². The summed E-state index contributed by atoms with van der Waals surface area (Å²) in [5.74, 6) is -0.884. The van der Waals surface area contributed by atoms with Crippen molar-refractivity contribution < 1.29 is 14.1 Å². The maximum Gasteiger partial charge on any atom is 0.321 e. The molecule has 88 valence electrons. The van der Waals surface area contributed by atoms with E-state index in [4.69, 9.17) is 5.11 Å². The summed E-state index contributed by atoms with van der Waals surface area (Å²) in [7, 11) is 0.577. The highest BCUT2D eigenvalue weighted by Crippen LogP contribution is 2.10. The first kappa shape index (κ1) is 12.9. The molecule has 16 heavy (non-hydrogen) atoms. The van der Waals surface area contributed by atoms with Gasteiger partial charge >= 0.3 is 5.97 Å². The minimum Gasteiger partial charge on any atom is -0.480 e. The predicted molar refractivity (Wildman–Crippen MR) is 63.0 cm³/mol. The van der Waals surface area contributed by atoms with Gasteiger partial charge in [-0.1, -0.05) is 12.1 Å². The smallest absolute Gasteiger partial charge is 0.321 e.